The number of pyridine rings is 1. The molecule has 0 aromatic carbocycles. The molecule has 0 radical (unpaired) electrons. The Morgan fingerprint density at radius 1 is 1.40 bits per heavy atom. The Morgan fingerprint density at radius 3 is 2.80 bits per heavy atom. The molecule has 0 fully saturated rings. The van der Waals surface area contributed by atoms with Crippen LogP contribution >= 0.6 is 11.8 Å². The highest BCUT2D eigenvalue weighted by Gasteiger charge is 2.21. The van der Waals surface area contributed by atoms with Crippen molar-refractivity contribution in [2.45, 2.75) is 36.7 Å². The van der Waals surface area contributed by atoms with E-state index in [-0.39, 0.29) is 5.22 Å². The molecular formula is C13H15N3O3S. The first-order chi connectivity index (χ1) is 9.70. The predicted molar refractivity (Wildman–Crippen MR) is 74.3 cm³/mol. The van der Waals surface area contributed by atoms with Gasteiger partial charge in [0.25, 0.3) is 5.22 Å². The van der Waals surface area contributed by atoms with E-state index in [0.717, 1.165) is 30.2 Å². The van der Waals surface area contributed by atoms with Gasteiger partial charge in [-0.3, -0.25) is 9.78 Å². The standard InChI is InChI=1S/C13H15N3O3S/c1-2-3-4-10(12(17)18)20-13-16-15-11(19-13)9-5-7-14-8-6-9/h5-8,10H,2-4H2,1H3,(H,17,18)/t10-/m0/s1. The average Bonchev–Trinajstić information content (AvgIpc) is 2.92. The molecule has 1 atom stereocenters. The number of hydrogen-bond acceptors (Lipinski definition) is 6. The monoisotopic (exact) mass is 293 g/mol. The Balaban J connectivity index is 2.06. The fourth-order valence-corrected chi connectivity index (χ4v) is 2.46. The van der Waals surface area contributed by atoms with Gasteiger partial charge in [0.1, 0.15) is 5.25 Å². The summed E-state index contributed by atoms with van der Waals surface area (Å²) in [6.07, 6.45) is 5.66. The first-order valence-electron chi connectivity index (χ1n) is 6.34. The second kappa shape index (κ2) is 7.04. The molecule has 2 aromatic heterocycles. The molecule has 0 bridgehead atoms. The van der Waals surface area contributed by atoms with Crippen LogP contribution in [0.1, 0.15) is 26.2 Å². The fourth-order valence-electron chi connectivity index (χ4n) is 1.61. The predicted octanol–water partition coefficient (Wildman–Crippen LogP) is 2.87. The molecule has 2 heterocycles. The largest absolute Gasteiger partial charge is 0.480 e. The molecule has 6 nitrogen and oxygen atoms in total. The van der Waals surface area contributed by atoms with Crippen molar-refractivity contribution in [1.29, 1.82) is 0 Å². The van der Waals surface area contributed by atoms with Gasteiger partial charge in [-0.05, 0) is 18.6 Å². The number of hydrogen-bond donors (Lipinski definition) is 1. The van der Waals surface area contributed by atoms with Crippen LogP contribution < -0.4 is 0 Å². The zero-order valence-corrected chi connectivity index (χ0v) is 11.8. The van der Waals surface area contributed by atoms with E-state index < -0.39 is 11.2 Å². The highest BCUT2D eigenvalue weighted by Crippen LogP contribution is 2.28. The molecule has 0 amide bonds. The van der Waals surface area contributed by atoms with Crippen molar-refractivity contribution < 1.29 is 14.3 Å². The minimum absolute atomic E-state index is 0.278. The number of aliphatic carboxylic acids is 1. The fraction of sp³-hybridized carbons (Fsp3) is 0.385. The molecule has 0 aliphatic carbocycles. The van der Waals surface area contributed by atoms with E-state index in [1.807, 2.05) is 6.92 Å². The molecule has 0 saturated carbocycles. The van der Waals surface area contributed by atoms with Crippen molar-refractivity contribution in [3.05, 3.63) is 24.5 Å². The molecule has 2 rings (SSSR count). The van der Waals surface area contributed by atoms with Crippen molar-refractivity contribution in [3.8, 4) is 11.5 Å². The van der Waals surface area contributed by atoms with E-state index in [2.05, 4.69) is 15.2 Å². The summed E-state index contributed by atoms with van der Waals surface area (Å²) in [4.78, 5) is 15.1. The van der Waals surface area contributed by atoms with Crippen molar-refractivity contribution in [2.24, 2.45) is 0 Å². The number of thioether (sulfide) groups is 1. The summed E-state index contributed by atoms with van der Waals surface area (Å²) in [6, 6.07) is 3.52. The second-order valence-corrected chi connectivity index (χ2v) is 5.35. The number of carbonyl (C=O) groups is 1. The van der Waals surface area contributed by atoms with Crippen LogP contribution in [0, 0.1) is 0 Å². The molecule has 1 N–H and O–H groups in total. The van der Waals surface area contributed by atoms with Crippen LogP contribution in [-0.2, 0) is 4.79 Å². The summed E-state index contributed by atoms with van der Waals surface area (Å²) >= 11 is 1.10. The Bertz CT molecular complexity index is 559. The topological polar surface area (TPSA) is 89.1 Å². The first-order valence-corrected chi connectivity index (χ1v) is 7.22. The maximum Gasteiger partial charge on any atom is 0.317 e. The number of unbranched alkanes of at least 4 members (excludes halogenated alkanes) is 1. The van der Waals surface area contributed by atoms with E-state index >= 15 is 0 Å². The molecular weight excluding hydrogens is 278 g/mol. The van der Waals surface area contributed by atoms with Crippen molar-refractivity contribution >= 4 is 17.7 Å². The van der Waals surface area contributed by atoms with Gasteiger partial charge in [0.15, 0.2) is 0 Å². The Morgan fingerprint density at radius 2 is 2.15 bits per heavy atom. The Hall–Kier alpha value is -1.89. The highest BCUT2D eigenvalue weighted by molar-refractivity contribution is 8.00. The minimum atomic E-state index is -0.855. The highest BCUT2D eigenvalue weighted by atomic mass is 32.2. The lowest BCUT2D eigenvalue weighted by Crippen LogP contribution is -2.16. The van der Waals surface area contributed by atoms with Crippen LogP contribution in [0.25, 0.3) is 11.5 Å². The van der Waals surface area contributed by atoms with Gasteiger partial charge >= 0.3 is 5.97 Å². The number of carboxylic acid groups (broad SMARTS) is 1. The van der Waals surface area contributed by atoms with E-state index in [9.17, 15) is 4.79 Å². The Labute approximate surface area is 120 Å². The maximum absolute atomic E-state index is 11.2. The lowest BCUT2D eigenvalue weighted by molar-refractivity contribution is -0.136. The van der Waals surface area contributed by atoms with E-state index in [1.54, 1.807) is 24.5 Å². The zero-order chi connectivity index (χ0) is 14.4. The quantitative estimate of drug-likeness (QED) is 0.785. The van der Waals surface area contributed by atoms with E-state index in [0.29, 0.717) is 12.3 Å². The van der Waals surface area contributed by atoms with E-state index in [4.69, 9.17) is 9.52 Å². The average molecular weight is 293 g/mol. The number of nitrogens with zero attached hydrogens (tertiary/aromatic N) is 3. The third kappa shape index (κ3) is 3.80. The SMILES string of the molecule is CCCC[C@H](Sc1nnc(-c2ccncc2)o1)C(=O)O. The molecule has 20 heavy (non-hydrogen) atoms. The van der Waals surface area contributed by atoms with Crippen LogP contribution in [0.15, 0.2) is 34.2 Å². The van der Waals surface area contributed by atoms with Gasteiger partial charge in [-0.1, -0.05) is 31.5 Å². The number of aromatic nitrogens is 3. The van der Waals surface area contributed by atoms with Gasteiger partial charge in [-0.15, -0.1) is 10.2 Å². The van der Waals surface area contributed by atoms with Gasteiger partial charge in [0, 0.05) is 18.0 Å². The van der Waals surface area contributed by atoms with Gasteiger partial charge in [0.05, 0.1) is 0 Å². The lowest BCUT2D eigenvalue weighted by atomic mass is 10.2. The van der Waals surface area contributed by atoms with E-state index in [1.165, 1.54) is 0 Å². The molecule has 0 aliphatic heterocycles. The van der Waals surface area contributed by atoms with Gasteiger partial charge in [-0.25, -0.2) is 0 Å². The molecule has 7 heteroatoms. The van der Waals surface area contributed by atoms with Crippen LogP contribution in [-0.4, -0.2) is 31.5 Å². The smallest absolute Gasteiger partial charge is 0.317 e. The summed E-state index contributed by atoms with van der Waals surface area (Å²) in [6.45, 7) is 2.03. The van der Waals surface area contributed by atoms with Crippen LogP contribution in [0.5, 0.6) is 0 Å². The maximum atomic E-state index is 11.2. The molecule has 2 aromatic rings. The summed E-state index contributed by atoms with van der Waals surface area (Å²) in [5.41, 5.74) is 0.764. The summed E-state index contributed by atoms with van der Waals surface area (Å²) < 4.78 is 5.48. The number of rotatable bonds is 7. The van der Waals surface area contributed by atoms with Crippen LogP contribution in [0.3, 0.4) is 0 Å². The molecule has 106 valence electrons. The zero-order valence-electron chi connectivity index (χ0n) is 11.0. The molecule has 0 unspecified atom stereocenters. The molecule has 0 spiro atoms. The first kappa shape index (κ1) is 14.5. The second-order valence-electron chi connectivity index (χ2n) is 4.20. The molecule has 0 aliphatic rings. The summed E-state index contributed by atoms with van der Waals surface area (Å²) in [7, 11) is 0. The normalized spacial score (nSPS) is 12.2. The molecule has 0 saturated heterocycles. The summed E-state index contributed by atoms with van der Waals surface area (Å²) in [5.74, 6) is -0.485. The van der Waals surface area contributed by atoms with Crippen molar-refractivity contribution in [2.75, 3.05) is 0 Å². The third-order valence-electron chi connectivity index (χ3n) is 2.67. The minimum Gasteiger partial charge on any atom is -0.480 e. The van der Waals surface area contributed by atoms with Crippen molar-refractivity contribution in [3.63, 3.8) is 0 Å². The van der Waals surface area contributed by atoms with Crippen molar-refractivity contribution in [1.82, 2.24) is 15.2 Å². The van der Waals surface area contributed by atoms with Gasteiger partial charge < -0.3 is 9.52 Å². The third-order valence-corrected chi connectivity index (χ3v) is 3.76. The lowest BCUT2D eigenvalue weighted by Gasteiger charge is -2.07. The van der Waals surface area contributed by atoms with Crippen LogP contribution in [0.4, 0.5) is 0 Å². The number of carboxylic acids is 1. The van der Waals surface area contributed by atoms with Crippen LogP contribution in [0.2, 0.25) is 0 Å². The Kier molecular flexibility index (Phi) is 5.11. The van der Waals surface area contributed by atoms with Gasteiger partial charge in [-0.2, -0.15) is 0 Å². The summed E-state index contributed by atoms with van der Waals surface area (Å²) in [5, 5.41) is 16.7. The van der Waals surface area contributed by atoms with Gasteiger partial charge in [0.2, 0.25) is 5.89 Å².